The highest BCUT2D eigenvalue weighted by molar-refractivity contribution is 9.09. The summed E-state index contributed by atoms with van der Waals surface area (Å²) in [4.78, 5) is 22.3. The van der Waals surface area contributed by atoms with E-state index in [2.05, 4.69) is 15.9 Å². The summed E-state index contributed by atoms with van der Waals surface area (Å²) in [6.45, 7) is 1.38. The van der Waals surface area contributed by atoms with Crippen LogP contribution in [0.2, 0.25) is 0 Å². The lowest BCUT2D eigenvalue weighted by molar-refractivity contribution is -0.146. The van der Waals surface area contributed by atoms with Crippen molar-refractivity contribution in [3.8, 4) is 5.75 Å². The van der Waals surface area contributed by atoms with Crippen LogP contribution in [-0.4, -0.2) is 17.3 Å². The number of fused-ring (bicyclic) bond motifs is 1. The molecule has 1 aromatic carbocycles. The first-order chi connectivity index (χ1) is 9.10. The Hall–Kier alpha value is -1.36. The van der Waals surface area contributed by atoms with E-state index in [0.717, 1.165) is 30.4 Å². The second-order valence-electron chi connectivity index (χ2n) is 4.46. The highest BCUT2D eigenvalue weighted by Crippen LogP contribution is 2.34. The highest BCUT2D eigenvalue weighted by atomic mass is 79.9. The monoisotopic (exact) mass is 326 g/mol. The van der Waals surface area contributed by atoms with E-state index in [9.17, 15) is 9.59 Å². The Morgan fingerprint density at radius 3 is 2.89 bits per heavy atom. The van der Waals surface area contributed by atoms with Crippen LogP contribution < -0.4 is 4.74 Å². The number of halogens is 1. The number of carbonyl (C=O) groups is 2. The zero-order valence-electron chi connectivity index (χ0n) is 10.6. The summed E-state index contributed by atoms with van der Waals surface area (Å²) in [6.07, 6.45) is 2.50. The number of hydrogen-bond acceptors (Lipinski definition) is 4. The van der Waals surface area contributed by atoms with Crippen LogP contribution in [0.3, 0.4) is 0 Å². The zero-order valence-corrected chi connectivity index (χ0v) is 12.2. The molecule has 5 heteroatoms. The second kappa shape index (κ2) is 6.19. The van der Waals surface area contributed by atoms with Gasteiger partial charge in [-0.25, -0.2) is 0 Å². The van der Waals surface area contributed by atoms with Crippen molar-refractivity contribution >= 4 is 27.9 Å². The van der Waals surface area contributed by atoms with Crippen molar-refractivity contribution in [1.29, 1.82) is 0 Å². The Bertz CT molecular complexity index is 498. The number of hydrogen-bond donors (Lipinski definition) is 0. The molecule has 0 spiro atoms. The molecule has 2 rings (SSSR count). The number of esters is 2. The van der Waals surface area contributed by atoms with Crippen molar-refractivity contribution < 1.29 is 19.1 Å². The molecular weight excluding hydrogens is 312 g/mol. The van der Waals surface area contributed by atoms with Crippen LogP contribution in [0.5, 0.6) is 5.75 Å². The minimum Gasteiger partial charge on any atom is -0.457 e. The number of benzene rings is 1. The smallest absolute Gasteiger partial charge is 0.317 e. The predicted molar refractivity (Wildman–Crippen MR) is 73.3 cm³/mol. The van der Waals surface area contributed by atoms with Gasteiger partial charge in [0.15, 0.2) is 0 Å². The van der Waals surface area contributed by atoms with Crippen LogP contribution in [0.15, 0.2) is 18.2 Å². The van der Waals surface area contributed by atoms with E-state index in [0.29, 0.717) is 5.75 Å². The molecule has 0 heterocycles. The minimum absolute atomic E-state index is 0.194. The Balaban J connectivity index is 2.20. The van der Waals surface area contributed by atoms with Crippen LogP contribution in [0.1, 0.15) is 37.0 Å². The summed E-state index contributed by atoms with van der Waals surface area (Å²) in [6, 6.07) is 5.46. The van der Waals surface area contributed by atoms with E-state index >= 15 is 0 Å². The molecule has 0 fully saturated rings. The molecule has 1 aromatic rings. The number of aryl methyl sites for hydroxylation is 1. The van der Waals surface area contributed by atoms with Crippen molar-refractivity contribution in [2.45, 2.75) is 32.3 Å². The van der Waals surface area contributed by atoms with Gasteiger partial charge in [0.2, 0.25) is 0 Å². The lowest BCUT2D eigenvalue weighted by atomic mass is 9.89. The summed E-state index contributed by atoms with van der Waals surface area (Å²) in [5.41, 5.74) is 2.09. The van der Waals surface area contributed by atoms with Crippen molar-refractivity contribution in [2.24, 2.45) is 0 Å². The molecule has 0 N–H and O–H groups in total. The van der Waals surface area contributed by atoms with Gasteiger partial charge in [-0.05, 0) is 42.5 Å². The Morgan fingerprint density at radius 2 is 2.21 bits per heavy atom. The van der Waals surface area contributed by atoms with E-state index in [1.807, 2.05) is 12.1 Å². The first kappa shape index (κ1) is 14.1. The largest absolute Gasteiger partial charge is 0.457 e. The molecule has 1 aliphatic carbocycles. The van der Waals surface area contributed by atoms with Gasteiger partial charge < -0.3 is 9.47 Å². The van der Waals surface area contributed by atoms with Gasteiger partial charge in [-0.2, -0.15) is 0 Å². The first-order valence-corrected chi connectivity index (χ1v) is 7.29. The molecule has 19 heavy (non-hydrogen) atoms. The maximum Gasteiger partial charge on any atom is 0.317 e. The molecule has 0 amide bonds. The van der Waals surface area contributed by atoms with Gasteiger partial charge in [-0.15, -0.1) is 0 Å². The summed E-state index contributed by atoms with van der Waals surface area (Å²) in [5, 5.41) is 0.199. The molecule has 0 aliphatic heterocycles. The molecule has 0 saturated carbocycles. The van der Waals surface area contributed by atoms with Gasteiger partial charge >= 0.3 is 11.9 Å². The second-order valence-corrected chi connectivity index (χ2v) is 5.02. The fourth-order valence-electron chi connectivity index (χ4n) is 2.29. The van der Waals surface area contributed by atoms with Crippen LogP contribution in [-0.2, 0) is 20.7 Å². The van der Waals surface area contributed by atoms with Crippen LogP contribution in [0, 0.1) is 0 Å². The molecule has 0 saturated heterocycles. The highest BCUT2D eigenvalue weighted by Gasteiger charge is 2.23. The first-order valence-electron chi connectivity index (χ1n) is 6.17. The van der Waals surface area contributed by atoms with Crippen LogP contribution in [0.25, 0.3) is 0 Å². The van der Waals surface area contributed by atoms with Crippen molar-refractivity contribution in [3.63, 3.8) is 0 Å². The standard InChI is InChI=1S/C14H15BrO4/c1-9(16)18-11-5-6-12-10(7-11)3-2-4-13(12)19-14(17)8-15/h5-7,13H,2-4,8H2,1H3. The normalized spacial score (nSPS) is 17.5. The van der Waals surface area contributed by atoms with Gasteiger partial charge in [0, 0.05) is 6.92 Å². The van der Waals surface area contributed by atoms with Gasteiger partial charge in [0.1, 0.15) is 17.2 Å². The van der Waals surface area contributed by atoms with E-state index in [1.165, 1.54) is 6.92 Å². The Labute approximate surface area is 120 Å². The third kappa shape index (κ3) is 3.56. The van der Waals surface area contributed by atoms with Gasteiger partial charge in [-0.3, -0.25) is 9.59 Å². The van der Waals surface area contributed by atoms with Crippen molar-refractivity contribution in [2.75, 3.05) is 5.33 Å². The third-order valence-electron chi connectivity index (χ3n) is 3.02. The van der Waals surface area contributed by atoms with Crippen LogP contribution in [0.4, 0.5) is 0 Å². The quantitative estimate of drug-likeness (QED) is 0.487. The summed E-state index contributed by atoms with van der Waals surface area (Å²) >= 11 is 3.09. The maximum atomic E-state index is 11.4. The number of carbonyl (C=O) groups excluding carboxylic acids is 2. The SMILES string of the molecule is CC(=O)Oc1ccc2c(c1)CCCC2OC(=O)CBr. The molecule has 102 valence electrons. The van der Waals surface area contributed by atoms with Crippen molar-refractivity contribution in [3.05, 3.63) is 29.3 Å². The lowest BCUT2D eigenvalue weighted by Gasteiger charge is -2.25. The predicted octanol–water partition coefficient (Wildman–Crippen LogP) is 2.93. The van der Waals surface area contributed by atoms with Gasteiger partial charge in [0.05, 0.1) is 0 Å². The molecular formula is C14H15BrO4. The topological polar surface area (TPSA) is 52.6 Å². The van der Waals surface area contributed by atoms with E-state index in [-0.39, 0.29) is 23.4 Å². The fraction of sp³-hybridized carbons (Fsp3) is 0.429. The molecule has 1 atom stereocenters. The van der Waals surface area contributed by atoms with Crippen LogP contribution >= 0.6 is 15.9 Å². The number of rotatable bonds is 3. The van der Waals surface area contributed by atoms with E-state index in [4.69, 9.17) is 9.47 Å². The summed E-state index contributed by atoms with van der Waals surface area (Å²) in [7, 11) is 0. The molecule has 0 aromatic heterocycles. The van der Waals surface area contributed by atoms with Gasteiger partial charge in [-0.1, -0.05) is 22.0 Å². The van der Waals surface area contributed by atoms with Crippen molar-refractivity contribution in [1.82, 2.24) is 0 Å². The van der Waals surface area contributed by atoms with Gasteiger partial charge in [0.25, 0.3) is 0 Å². The third-order valence-corrected chi connectivity index (χ3v) is 3.48. The molecule has 1 unspecified atom stereocenters. The molecule has 0 radical (unpaired) electrons. The number of ether oxygens (including phenoxy) is 2. The fourth-order valence-corrected chi connectivity index (χ4v) is 2.42. The Morgan fingerprint density at radius 1 is 1.42 bits per heavy atom. The summed E-state index contributed by atoms with van der Waals surface area (Å²) in [5.74, 6) is -0.0568. The lowest BCUT2D eigenvalue weighted by Crippen LogP contribution is -2.17. The minimum atomic E-state index is -0.335. The Kier molecular flexibility index (Phi) is 4.58. The maximum absolute atomic E-state index is 11.4. The zero-order chi connectivity index (χ0) is 13.8. The van der Waals surface area contributed by atoms with E-state index < -0.39 is 0 Å². The molecule has 4 nitrogen and oxygen atoms in total. The average molecular weight is 327 g/mol. The summed E-state index contributed by atoms with van der Waals surface area (Å²) < 4.78 is 10.5. The van der Waals surface area contributed by atoms with E-state index in [1.54, 1.807) is 6.07 Å². The average Bonchev–Trinajstić information content (AvgIpc) is 2.38. The molecule has 1 aliphatic rings. The molecule has 0 bridgehead atoms. The number of alkyl halides is 1.